The molecule has 0 saturated carbocycles. The molecule has 0 aliphatic rings. The summed E-state index contributed by atoms with van der Waals surface area (Å²) in [6.45, 7) is 4.16. The summed E-state index contributed by atoms with van der Waals surface area (Å²) in [5, 5.41) is 0. The van der Waals surface area contributed by atoms with Crippen molar-refractivity contribution >= 4 is 5.97 Å². The van der Waals surface area contributed by atoms with Crippen LogP contribution in [0.25, 0.3) is 0 Å². The molecule has 0 unspecified atom stereocenters. The van der Waals surface area contributed by atoms with Gasteiger partial charge in [0.05, 0.1) is 0 Å². The molecule has 6 heteroatoms. The Kier molecular flexibility index (Phi) is 3.90. The Bertz CT molecular complexity index is 213. The van der Waals surface area contributed by atoms with Crippen molar-refractivity contribution in [3.05, 3.63) is 12.2 Å². The Morgan fingerprint density at radius 3 is 2.31 bits per heavy atom. The number of rotatable bonds is 4. The van der Waals surface area contributed by atoms with Gasteiger partial charge in [-0.05, 0) is 6.92 Å². The average Bonchev–Trinajstić information content (AvgIpc) is 1.81. The van der Waals surface area contributed by atoms with Gasteiger partial charge in [0.25, 0.3) is 0 Å². The lowest BCUT2D eigenvalue weighted by molar-refractivity contribution is -0.242. The van der Waals surface area contributed by atoms with E-state index in [4.69, 9.17) is 0 Å². The molecule has 0 aliphatic carbocycles. The lowest BCUT2D eigenvalue weighted by Gasteiger charge is -2.15. The summed E-state index contributed by atoms with van der Waals surface area (Å²) in [5.74, 6) is -1.38. The molecule has 0 fully saturated rings. The second kappa shape index (κ2) is 4.25. The molecule has 13 heavy (non-hydrogen) atoms. The summed E-state index contributed by atoms with van der Waals surface area (Å²) < 4.78 is 51.1. The highest BCUT2D eigenvalue weighted by molar-refractivity contribution is 5.87. The second-order valence-corrected chi connectivity index (χ2v) is 2.40. The maximum Gasteiger partial charge on any atom is 0.405 e. The van der Waals surface area contributed by atoms with Gasteiger partial charge in [0.2, 0.25) is 6.43 Å². The SMILES string of the molecule is C=C(C)C(=O)OC(F)(F)CC(F)F. The minimum atomic E-state index is -4.13. The predicted molar refractivity (Wildman–Crippen MR) is 36.5 cm³/mol. The minimum absolute atomic E-state index is 0.269. The molecule has 0 atom stereocenters. The Morgan fingerprint density at radius 2 is 2.00 bits per heavy atom. The number of carbonyl (C=O) groups is 1. The first kappa shape index (κ1) is 11.9. The van der Waals surface area contributed by atoms with Crippen LogP contribution in [-0.4, -0.2) is 18.5 Å². The number of esters is 1. The van der Waals surface area contributed by atoms with Gasteiger partial charge >= 0.3 is 12.1 Å². The Balaban J connectivity index is 4.16. The van der Waals surface area contributed by atoms with Crippen LogP contribution in [0.3, 0.4) is 0 Å². The normalized spacial score (nSPS) is 11.5. The van der Waals surface area contributed by atoms with Gasteiger partial charge in [0.15, 0.2) is 0 Å². The summed E-state index contributed by atoms with van der Waals surface area (Å²) in [4.78, 5) is 10.5. The maximum absolute atomic E-state index is 12.3. The molecule has 0 aromatic rings. The number of ether oxygens (including phenoxy) is 1. The second-order valence-electron chi connectivity index (χ2n) is 2.40. The molecule has 0 rings (SSSR count). The van der Waals surface area contributed by atoms with Crippen molar-refractivity contribution in [1.82, 2.24) is 0 Å². The summed E-state index contributed by atoms with van der Waals surface area (Å²) in [6.07, 6.45) is -9.16. The number of carbonyl (C=O) groups excluding carboxylic acids is 1. The summed E-state index contributed by atoms with van der Waals surface area (Å²) >= 11 is 0. The van der Waals surface area contributed by atoms with E-state index in [0.29, 0.717) is 0 Å². The van der Waals surface area contributed by atoms with E-state index < -0.39 is 24.9 Å². The van der Waals surface area contributed by atoms with Crippen molar-refractivity contribution in [2.24, 2.45) is 0 Å². The number of hydrogen-bond donors (Lipinski definition) is 0. The Hall–Kier alpha value is -1.07. The van der Waals surface area contributed by atoms with E-state index in [0.717, 1.165) is 6.92 Å². The quantitative estimate of drug-likeness (QED) is 0.395. The molecule has 0 radical (unpaired) electrons. The first-order chi connectivity index (χ1) is 5.74. The standard InChI is InChI=1S/C7H8F4O2/c1-4(2)6(12)13-7(10,11)3-5(8)9/h5H,1,3H2,2H3. The van der Waals surface area contributed by atoms with Crippen LogP contribution in [0.4, 0.5) is 17.6 Å². The van der Waals surface area contributed by atoms with E-state index in [1.807, 2.05) is 0 Å². The Morgan fingerprint density at radius 1 is 1.54 bits per heavy atom. The van der Waals surface area contributed by atoms with Gasteiger partial charge < -0.3 is 4.74 Å². The minimum Gasteiger partial charge on any atom is -0.397 e. The predicted octanol–water partition coefficient (Wildman–Crippen LogP) is 2.35. The molecule has 0 heterocycles. The van der Waals surface area contributed by atoms with Crippen LogP contribution < -0.4 is 0 Å². The summed E-state index contributed by atoms with van der Waals surface area (Å²) in [5.41, 5.74) is -0.269. The van der Waals surface area contributed by atoms with Crippen molar-refractivity contribution in [3.8, 4) is 0 Å². The molecule has 0 aromatic carbocycles. The van der Waals surface area contributed by atoms with Crippen molar-refractivity contribution < 1.29 is 27.1 Å². The molecule has 0 bridgehead atoms. The molecule has 0 saturated heterocycles. The third-order valence-electron chi connectivity index (χ3n) is 0.982. The third-order valence-corrected chi connectivity index (χ3v) is 0.982. The van der Waals surface area contributed by atoms with Crippen LogP contribution in [0.2, 0.25) is 0 Å². The van der Waals surface area contributed by atoms with Crippen molar-refractivity contribution in [2.75, 3.05) is 0 Å². The number of hydrogen-bond acceptors (Lipinski definition) is 2. The molecule has 0 amide bonds. The lowest BCUT2D eigenvalue weighted by atomic mass is 10.3. The molecule has 0 N–H and O–H groups in total. The third kappa shape index (κ3) is 5.21. The van der Waals surface area contributed by atoms with Gasteiger partial charge in [-0.2, -0.15) is 8.78 Å². The smallest absolute Gasteiger partial charge is 0.397 e. The van der Waals surface area contributed by atoms with E-state index in [1.54, 1.807) is 0 Å². The zero-order chi connectivity index (χ0) is 10.6. The topological polar surface area (TPSA) is 26.3 Å². The molecule has 0 aromatic heterocycles. The molecule has 2 nitrogen and oxygen atoms in total. The largest absolute Gasteiger partial charge is 0.405 e. The van der Waals surface area contributed by atoms with E-state index in [-0.39, 0.29) is 5.57 Å². The van der Waals surface area contributed by atoms with Gasteiger partial charge in [-0.15, -0.1) is 0 Å². The van der Waals surface area contributed by atoms with Crippen LogP contribution >= 0.6 is 0 Å². The van der Waals surface area contributed by atoms with E-state index in [2.05, 4.69) is 11.3 Å². The zero-order valence-corrected chi connectivity index (χ0v) is 6.82. The highest BCUT2D eigenvalue weighted by atomic mass is 19.3. The van der Waals surface area contributed by atoms with Gasteiger partial charge in [0, 0.05) is 5.57 Å². The number of alkyl halides is 4. The molecular formula is C7H8F4O2. The van der Waals surface area contributed by atoms with Gasteiger partial charge in [-0.3, -0.25) is 0 Å². The van der Waals surface area contributed by atoms with Crippen molar-refractivity contribution in [2.45, 2.75) is 25.9 Å². The van der Waals surface area contributed by atoms with E-state index in [9.17, 15) is 22.4 Å². The molecule has 0 aliphatic heterocycles. The average molecular weight is 200 g/mol. The molecule has 76 valence electrons. The fraction of sp³-hybridized carbons (Fsp3) is 0.571. The van der Waals surface area contributed by atoms with Crippen LogP contribution in [-0.2, 0) is 9.53 Å². The summed E-state index contributed by atoms with van der Waals surface area (Å²) in [6, 6.07) is 0. The molecule has 0 spiro atoms. The molecular weight excluding hydrogens is 192 g/mol. The van der Waals surface area contributed by atoms with Crippen LogP contribution in [0, 0.1) is 0 Å². The van der Waals surface area contributed by atoms with Gasteiger partial charge in [-0.25, -0.2) is 13.6 Å². The van der Waals surface area contributed by atoms with Crippen LogP contribution in [0.5, 0.6) is 0 Å². The lowest BCUT2D eigenvalue weighted by Crippen LogP contribution is -2.27. The number of halogens is 4. The monoisotopic (exact) mass is 200 g/mol. The van der Waals surface area contributed by atoms with E-state index in [1.165, 1.54) is 0 Å². The first-order valence-electron chi connectivity index (χ1n) is 3.29. The summed E-state index contributed by atoms with van der Waals surface area (Å²) in [7, 11) is 0. The highest BCUT2D eigenvalue weighted by Crippen LogP contribution is 2.24. The fourth-order valence-corrected chi connectivity index (χ4v) is 0.444. The van der Waals surface area contributed by atoms with Crippen LogP contribution in [0.15, 0.2) is 12.2 Å². The fourth-order valence-electron chi connectivity index (χ4n) is 0.444. The zero-order valence-electron chi connectivity index (χ0n) is 6.82. The highest BCUT2D eigenvalue weighted by Gasteiger charge is 2.37. The van der Waals surface area contributed by atoms with Gasteiger partial charge in [0.1, 0.15) is 6.42 Å². The Labute approximate surface area is 72.2 Å². The van der Waals surface area contributed by atoms with Crippen LogP contribution in [0.1, 0.15) is 13.3 Å². The van der Waals surface area contributed by atoms with Crippen molar-refractivity contribution in [1.29, 1.82) is 0 Å². The van der Waals surface area contributed by atoms with E-state index >= 15 is 0 Å². The van der Waals surface area contributed by atoms with Gasteiger partial charge in [-0.1, -0.05) is 6.58 Å². The first-order valence-corrected chi connectivity index (χ1v) is 3.29. The van der Waals surface area contributed by atoms with Crippen molar-refractivity contribution in [3.63, 3.8) is 0 Å². The maximum atomic E-state index is 12.3.